The van der Waals surface area contributed by atoms with E-state index in [9.17, 15) is 9.59 Å². The second kappa shape index (κ2) is 9.90. The third-order valence-electron chi connectivity index (χ3n) is 6.11. The lowest BCUT2D eigenvalue weighted by Crippen LogP contribution is -2.33. The van der Waals surface area contributed by atoms with Crippen molar-refractivity contribution in [2.45, 2.75) is 38.5 Å². The molecule has 0 saturated heterocycles. The SMILES string of the molecule is CSc1nc2nc(C)c(CC(=O)N(Cc3ccccc3)Cc3nc4ccccc4c(=O)[nH]3)c(C)n2n1. The zero-order valence-corrected chi connectivity index (χ0v) is 21.0. The maximum Gasteiger partial charge on any atom is 0.258 e. The van der Waals surface area contributed by atoms with Gasteiger partial charge in [0, 0.05) is 23.5 Å². The van der Waals surface area contributed by atoms with Gasteiger partial charge in [-0.2, -0.15) is 4.98 Å². The fourth-order valence-electron chi connectivity index (χ4n) is 4.22. The van der Waals surface area contributed by atoms with Crippen molar-refractivity contribution < 1.29 is 4.79 Å². The lowest BCUT2D eigenvalue weighted by molar-refractivity contribution is -0.131. The standard InChI is InChI=1S/C26H25N7O2S/c1-16-20(17(2)33-25(27-16)30-26(31-33)36-3)13-23(34)32(14-18-9-5-4-6-10-18)15-22-28-21-12-8-7-11-19(21)24(35)29-22/h4-12H,13-15H2,1-3H3,(H,28,29,35). The third kappa shape index (κ3) is 4.72. The summed E-state index contributed by atoms with van der Waals surface area (Å²) in [6, 6.07) is 16.9. The average Bonchev–Trinajstić information content (AvgIpc) is 3.30. The predicted octanol–water partition coefficient (Wildman–Crippen LogP) is 3.47. The van der Waals surface area contributed by atoms with Gasteiger partial charge in [0.05, 0.1) is 23.9 Å². The van der Waals surface area contributed by atoms with Crippen LogP contribution in [0, 0.1) is 13.8 Å². The van der Waals surface area contributed by atoms with Crippen LogP contribution in [0.25, 0.3) is 16.7 Å². The highest BCUT2D eigenvalue weighted by atomic mass is 32.2. The molecule has 2 aromatic carbocycles. The van der Waals surface area contributed by atoms with E-state index in [0.717, 1.165) is 22.5 Å². The van der Waals surface area contributed by atoms with Gasteiger partial charge in [0.15, 0.2) is 0 Å². The topological polar surface area (TPSA) is 109 Å². The van der Waals surface area contributed by atoms with Crippen LogP contribution in [0.2, 0.25) is 0 Å². The Labute approximate surface area is 211 Å². The molecule has 36 heavy (non-hydrogen) atoms. The van der Waals surface area contributed by atoms with Crippen molar-refractivity contribution in [3.63, 3.8) is 0 Å². The average molecular weight is 500 g/mol. The number of aromatic amines is 1. The largest absolute Gasteiger partial charge is 0.331 e. The highest BCUT2D eigenvalue weighted by Gasteiger charge is 2.21. The summed E-state index contributed by atoms with van der Waals surface area (Å²) in [4.78, 5) is 44.5. The van der Waals surface area contributed by atoms with Crippen molar-refractivity contribution in [1.82, 2.24) is 34.4 Å². The molecule has 1 amide bonds. The Hall–Kier alpha value is -4.05. The van der Waals surface area contributed by atoms with Gasteiger partial charge >= 0.3 is 0 Å². The summed E-state index contributed by atoms with van der Waals surface area (Å²) in [5.41, 5.74) is 3.74. The molecule has 3 heterocycles. The molecule has 0 aliphatic carbocycles. The maximum atomic E-state index is 13.7. The van der Waals surface area contributed by atoms with Gasteiger partial charge in [-0.1, -0.05) is 54.2 Å². The van der Waals surface area contributed by atoms with E-state index in [2.05, 4.69) is 25.0 Å². The molecule has 0 bridgehead atoms. The number of carbonyl (C=O) groups excluding carboxylic acids is 1. The van der Waals surface area contributed by atoms with Crippen molar-refractivity contribution in [2.24, 2.45) is 0 Å². The highest BCUT2D eigenvalue weighted by molar-refractivity contribution is 7.98. The van der Waals surface area contributed by atoms with Gasteiger partial charge in [-0.15, -0.1) is 5.10 Å². The number of aromatic nitrogens is 6. The molecule has 5 rings (SSSR count). The summed E-state index contributed by atoms with van der Waals surface area (Å²) in [6.07, 6.45) is 2.05. The third-order valence-corrected chi connectivity index (χ3v) is 6.65. The van der Waals surface area contributed by atoms with Crippen LogP contribution < -0.4 is 5.56 Å². The molecule has 0 radical (unpaired) electrons. The molecule has 0 spiro atoms. The summed E-state index contributed by atoms with van der Waals surface area (Å²) >= 11 is 1.44. The molecule has 3 aromatic heterocycles. The zero-order valence-electron chi connectivity index (χ0n) is 20.2. The predicted molar refractivity (Wildman–Crippen MR) is 139 cm³/mol. The monoisotopic (exact) mass is 499 g/mol. The van der Waals surface area contributed by atoms with Gasteiger partial charge in [0.25, 0.3) is 11.3 Å². The van der Waals surface area contributed by atoms with Crippen LogP contribution in [0.4, 0.5) is 0 Å². The maximum absolute atomic E-state index is 13.7. The van der Waals surface area contributed by atoms with Crippen molar-refractivity contribution in [2.75, 3.05) is 6.26 Å². The Morgan fingerprint density at radius 1 is 1.00 bits per heavy atom. The van der Waals surface area contributed by atoms with Crippen LogP contribution in [0.3, 0.4) is 0 Å². The number of hydrogen-bond acceptors (Lipinski definition) is 7. The Balaban J connectivity index is 1.49. The molecular weight excluding hydrogens is 474 g/mol. The summed E-state index contributed by atoms with van der Waals surface area (Å²) in [5, 5.41) is 5.64. The highest BCUT2D eigenvalue weighted by Crippen LogP contribution is 2.19. The molecule has 1 N–H and O–H groups in total. The van der Waals surface area contributed by atoms with Crippen LogP contribution in [0.15, 0.2) is 64.5 Å². The van der Waals surface area contributed by atoms with Crippen molar-refractivity contribution in [3.05, 3.63) is 93.3 Å². The number of fused-ring (bicyclic) bond motifs is 2. The van der Waals surface area contributed by atoms with Gasteiger partial charge in [0.2, 0.25) is 11.1 Å². The Kier molecular flexibility index (Phi) is 6.51. The van der Waals surface area contributed by atoms with Gasteiger partial charge in [-0.05, 0) is 37.8 Å². The molecule has 0 saturated carbocycles. The van der Waals surface area contributed by atoms with Crippen LogP contribution in [0.5, 0.6) is 0 Å². The van der Waals surface area contributed by atoms with Crippen LogP contribution in [-0.2, 0) is 24.3 Å². The first-order valence-corrected chi connectivity index (χ1v) is 12.7. The second-order valence-electron chi connectivity index (χ2n) is 8.51. The number of nitrogens with one attached hydrogen (secondary N) is 1. The fraction of sp³-hybridized carbons (Fsp3) is 0.231. The van der Waals surface area contributed by atoms with Crippen molar-refractivity contribution in [3.8, 4) is 0 Å². The second-order valence-corrected chi connectivity index (χ2v) is 9.29. The number of para-hydroxylation sites is 1. The molecule has 10 heteroatoms. The van der Waals surface area contributed by atoms with E-state index in [4.69, 9.17) is 0 Å². The minimum absolute atomic E-state index is 0.104. The molecule has 9 nitrogen and oxygen atoms in total. The summed E-state index contributed by atoms with van der Waals surface area (Å²) in [6.45, 7) is 4.35. The van der Waals surface area contributed by atoms with Gasteiger partial charge in [-0.3, -0.25) is 9.59 Å². The molecule has 0 aliphatic heterocycles. The van der Waals surface area contributed by atoms with Gasteiger partial charge in [0.1, 0.15) is 5.82 Å². The van der Waals surface area contributed by atoms with E-state index >= 15 is 0 Å². The number of amides is 1. The first-order valence-electron chi connectivity index (χ1n) is 11.5. The zero-order chi connectivity index (χ0) is 25.2. The van der Waals surface area contributed by atoms with Crippen LogP contribution in [-0.4, -0.2) is 46.6 Å². The molecule has 0 atom stereocenters. The lowest BCUT2D eigenvalue weighted by atomic mass is 10.1. The first kappa shape index (κ1) is 23.7. The summed E-state index contributed by atoms with van der Waals surface area (Å²) < 4.78 is 1.69. The normalized spacial score (nSPS) is 11.3. The van der Waals surface area contributed by atoms with Crippen molar-refractivity contribution in [1.29, 1.82) is 0 Å². The Morgan fingerprint density at radius 2 is 1.75 bits per heavy atom. The summed E-state index contributed by atoms with van der Waals surface area (Å²) in [7, 11) is 0. The van der Waals surface area contributed by atoms with Gasteiger partial charge in [-0.25, -0.2) is 14.5 Å². The number of aryl methyl sites for hydroxylation is 2. The smallest absolute Gasteiger partial charge is 0.258 e. The molecule has 0 fully saturated rings. The van der Waals surface area contributed by atoms with Crippen molar-refractivity contribution >= 4 is 34.3 Å². The number of hydrogen-bond donors (Lipinski definition) is 1. The number of carbonyl (C=O) groups is 1. The molecular formula is C26H25N7O2S. The van der Waals surface area contributed by atoms with Gasteiger partial charge < -0.3 is 9.88 Å². The summed E-state index contributed by atoms with van der Waals surface area (Å²) in [5.74, 6) is 0.850. The van der Waals surface area contributed by atoms with E-state index in [0.29, 0.717) is 34.2 Å². The fourth-order valence-corrected chi connectivity index (χ4v) is 4.56. The molecule has 0 aliphatic rings. The quantitative estimate of drug-likeness (QED) is 0.342. The number of rotatable bonds is 7. The van der Waals surface area contributed by atoms with E-state index in [1.807, 2.05) is 56.5 Å². The number of H-pyrrole nitrogens is 1. The van der Waals surface area contributed by atoms with E-state index in [1.165, 1.54) is 11.8 Å². The number of benzene rings is 2. The van der Waals surface area contributed by atoms with Crippen LogP contribution in [0.1, 0.15) is 28.3 Å². The van der Waals surface area contributed by atoms with E-state index in [-0.39, 0.29) is 24.4 Å². The molecule has 0 unspecified atom stereocenters. The first-order chi connectivity index (χ1) is 17.4. The molecule has 5 aromatic rings. The Bertz CT molecular complexity index is 1630. The molecule has 182 valence electrons. The lowest BCUT2D eigenvalue weighted by Gasteiger charge is -2.23. The van der Waals surface area contributed by atoms with Crippen LogP contribution >= 0.6 is 11.8 Å². The van der Waals surface area contributed by atoms with E-state index < -0.39 is 0 Å². The van der Waals surface area contributed by atoms with E-state index in [1.54, 1.807) is 27.6 Å². The number of thioether (sulfide) groups is 1. The Morgan fingerprint density at radius 3 is 2.53 bits per heavy atom. The minimum Gasteiger partial charge on any atom is -0.331 e. The minimum atomic E-state index is -0.222. The number of nitrogens with zero attached hydrogens (tertiary/aromatic N) is 6.